The normalized spacial score (nSPS) is 11.0. The minimum atomic E-state index is 0.802. The van der Waals surface area contributed by atoms with Crippen molar-refractivity contribution >= 4 is 6.08 Å². The summed E-state index contributed by atoms with van der Waals surface area (Å²) >= 11 is 0. The second kappa shape index (κ2) is 6.39. The Bertz CT molecular complexity index is 272. The van der Waals surface area contributed by atoms with E-state index in [1.165, 1.54) is 11.1 Å². The monoisotopic (exact) mass is 190 g/mol. The van der Waals surface area contributed by atoms with Crippen molar-refractivity contribution in [2.75, 3.05) is 13.2 Å². The molecule has 0 unspecified atom stereocenters. The molecular weight excluding hydrogens is 172 g/mol. The molecule has 0 saturated carbocycles. The van der Waals surface area contributed by atoms with E-state index < -0.39 is 0 Å². The Morgan fingerprint density at radius 1 is 1.21 bits per heavy atom. The number of rotatable bonds is 5. The smallest absolute Gasteiger partial charge is 0.0506 e. The maximum absolute atomic E-state index is 5.30. The van der Waals surface area contributed by atoms with Crippen LogP contribution in [0.4, 0.5) is 0 Å². The van der Waals surface area contributed by atoms with Gasteiger partial charge in [-0.2, -0.15) is 0 Å². The Morgan fingerprint density at radius 2 is 1.93 bits per heavy atom. The zero-order chi connectivity index (χ0) is 10.2. The van der Waals surface area contributed by atoms with Gasteiger partial charge in [0.25, 0.3) is 0 Å². The maximum Gasteiger partial charge on any atom is 0.0506 e. The summed E-state index contributed by atoms with van der Waals surface area (Å²) in [5, 5.41) is 0. The van der Waals surface area contributed by atoms with Gasteiger partial charge in [-0.3, -0.25) is 0 Å². The molecule has 0 spiro atoms. The summed E-state index contributed by atoms with van der Waals surface area (Å²) in [6, 6.07) is 8.60. The Balaban J connectivity index is 2.46. The molecule has 0 aliphatic rings. The fourth-order valence-corrected chi connectivity index (χ4v) is 1.32. The van der Waals surface area contributed by atoms with Gasteiger partial charge in [0.2, 0.25) is 0 Å². The first-order valence-corrected chi connectivity index (χ1v) is 5.16. The quantitative estimate of drug-likeness (QED) is 0.647. The third kappa shape index (κ3) is 3.75. The van der Waals surface area contributed by atoms with Crippen LogP contribution in [0.2, 0.25) is 0 Å². The average Bonchev–Trinajstić information content (AvgIpc) is 2.21. The van der Waals surface area contributed by atoms with Crippen LogP contribution in [0.5, 0.6) is 0 Å². The molecule has 14 heavy (non-hydrogen) atoms. The van der Waals surface area contributed by atoms with Crippen molar-refractivity contribution in [3.05, 3.63) is 41.5 Å². The van der Waals surface area contributed by atoms with Gasteiger partial charge in [0.05, 0.1) is 6.61 Å². The van der Waals surface area contributed by atoms with Gasteiger partial charge < -0.3 is 4.74 Å². The predicted molar refractivity (Wildman–Crippen MR) is 61.3 cm³/mol. The maximum atomic E-state index is 5.30. The van der Waals surface area contributed by atoms with Crippen molar-refractivity contribution < 1.29 is 4.74 Å². The molecule has 0 fully saturated rings. The Morgan fingerprint density at radius 3 is 2.50 bits per heavy atom. The number of hydrogen-bond acceptors (Lipinski definition) is 1. The van der Waals surface area contributed by atoms with Crippen molar-refractivity contribution in [2.45, 2.75) is 20.3 Å². The highest BCUT2D eigenvalue weighted by Crippen LogP contribution is 2.06. The average molecular weight is 190 g/mol. The van der Waals surface area contributed by atoms with Crippen LogP contribution in [0.3, 0.4) is 0 Å². The second-order valence-corrected chi connectivity index (χ2v) is 3.19. The van der Waals surface area contributed by atoms with E-state index in [1.807, 2.05) is 13.8 Å². The fourth-order valence-electron chi connectivity index (χ4n) is 1.32. The summed E-state index contributed by atoms with van der Waals surface area (Å²) in [5.74, 6) is 0. The van der Waals surface area contributed by atoms with Crippen molar-refractivity contribution in [3.63, 3.8) is 0 Å². The van der Waals surface area contributed by atoms with Gasteiger partial charge in [-0.1, -0.05) is 36.4 Å². The van der Waals surface area contributed by atoms with Crippen LogP contribution in [0.25, 0.3) is 6.08 Å². The van der Waals surface area contributed by atoms with Crippen LogP contribution in [0, 0.1) is 0 Å². The molecule has 0 saturated heterocycles. The summed E-state index contributed by atoms with van der Waals surface area (Å²) in [7, 11) is 0. The molecular formula is C13H18O. The SMILES string of the molecule is C/C=C/c1ccc(CCOCC)cc1. The van der Waals surface area contributed by atoms with Crippen molar-refractivity contribution in [1.29, 1.82) is 0 Å². The number of benzene rings is 1. The zero-order valence-corrected chi connectivity index (χ0v) is 8.99. The van der Waals surface area contributed by atoms with E-state index in [2.05, 4.69) is 36.4 Å². The zero-order valence-electron chi connectivity index (χ0n) is 8.99. The van der Waals surface area contributed by atoms with Gasteiger partial charge in [0, 0.05) is 6.61 Å². The highest BCUT2D eigenvalue weighted by atomic mass is 16.5. The van der Waals surface area contributed by atoms with Crippen LogP contribution >= 0.6 is 0 Å². The number of allylic oxidation sites excluding steroid dienone is 1. The van der Waals surface area contributed by atoms with Crippen LogP contribution in [0.15, 0.2) is 30.3 Å². The molecule has 0 amide bonds. The predicted octanol–water partition coefficient (Wildman–Crippen LogP) is 3.30. The van der Waals surface area contributed by atoms with E-state index in [1.54, 1.807) is 0 Å². The molecule has 76 valence electrons. The third-order valence-corrected chi connectivity index (χ3v) is 2.08. The first-order chi connectivity index (χ1) is 6.86. The fraction of sp³-hybridized carbons (Fsp3) is 0.385. The van der Waals surface area contributed by atoms with E-state index in [0.29, 0.717) is 0 Å². The van der Waals surface area contributed by atoms with E-state index in [4.69, 9.17) is 4.74 Å². The highest BCUT2D eigenvalue weighted by molar-refractivity contribution is 5.49. The molecule has 1 aromatic rings. The van der Waals surface area contributed by atoms with E-state index in [-0.39, 0.29) is 0 Å². The summed E-state index contributed by atoms with van der Waals surface area (Å²) in [6.45, 7) is 5.67. The van der Waals surface area contributed by atoms with E-state index in [9.17, 15) is 0 Å². The van der Waals surface area contributed by atoms with E-state index in [0.717, 1.165) is 19.6 Å². The topological polar surface area (TPSA) is 9.23 Å². The van der Waals surface area contributed by atoms with Crippen LogP contribution in [-0.4, -0.2) is 13.2 Å². The first kappa shape index (κ1) is 11.0. The summed E-state index contributed by atoms with van der Waals surface area (Å²) in [4.78, 5) is 0. The lowest BCUT2D eigenvalue weighted by Gasteiger charge is -2.02. The molecule has 0 aliphatic carbocycles. The lowest BCUT2D eigenvalue weighted by Crippen LogP contribution is -1.97. The largest absolute Gasteiger partial charge is 0.381 e. The molecule has 0 heterocycles. The van der Waals surface area contributed by atoms with Gasteiger partial charge in [0.1, 0.15) is 0 Å². The Kier molecular flexibility index (Phi) is 5.02. The molecule has 0 aliphatic heterocycles. The minimum absolute atomic E-state index is 0.802. The molecule has 1 rings (SSSR count). The lowest BCUT2D eigenvalue weighted by molar-refractivity contribution is 0.151. The van der Waals surface area contributed by atoms with E-state index >= 15 is 0 Å². The second-order valence-electron chi connectivity index (χ2n) is 3.19. The molecule has 0 atom stereocenters. The molecule has 0 aromatic heterocycles. The van der Waals surface area contributed by atoms with Crippen molar-refractivity contribution in [3.8, 4) is 0 Å². The molecule has 0 bridgehead atoms. The van der Waals surface area contributed by atoms with Gasteiger partial charge in [-0.25, -0.2) is 0 Å². The van der Waals surface area contributed by atoms with Gasteiger partial charge >= 0.3 is 0 Å². The van der Waals surface area contributed by atoms with Gasteiger partial charge in [0.15, 0.2) is 0 Å². The Labute approximate surface area is 86.4 Å². The summed E-state index contributed by atoms with van der Waals surface area (Å²) in [5.41, 5.74) is 2.60. The lowest BCUT2D eigenvalue weighted by atomic mass is 10.1. The minimum Gasteiger partial charge on any atom is -0.381 e. The molecule has 0 radical (unpaired) electrons. The summed E-state index contributed by atoms with van der Waals surface area (Å²) in [6.07, 6.45) is 5.16. The van der Waals surface area contributed by atoms with Crippen molar-refractivity contribution in [2.24, 2.45) is 0 Å². The van der Waals surface area contributed by atoms with Crippen molar-refractivity contribution in [1.82, 2.24) is 0 Å². The Hall–Kier alpha value is -1.08. The number of ether oxygens (including phenoxy) is 1. The van der Waals surface area contributed by atoms with Crippen LogP contribution < -0.4 is 0 Å². The van der Waals surface area contributed by atoms with Gasteiger partial charge in [-0.05, 0) is 31.4 Å². The molecule has 1 heteroatoms. The standard InChI is InChI=1S/C13H18O/c1-3-5-12-6-8-13(9-7-12)10-11-14-4-2/h3,5-9H,4,10-11H2,1-2H3/b5-3+. The van der Waals surface area contributed by atoms with Crippen LogP contribution in [-0.2, 0) is 11.2 Å². The van der Waals surface area contributed by atoms with Crippen LogP contribution in [0.1, 0.15) is 25.0 Å². The molecule has 1 aromatic carbocycles. The molecule has 1 nitrogen and oxygen atoms in total. The highest BCUT2D eigenvalue weighted by Gasteiger charge is 1.92. The molecule has 0 N–H and O–H groups in total. The van der Waals surface area contributed by atoms with Gasteiger partial charge in [-0.15, -0.1) is 0 Å². The first-order valence-electron chi connectivity index (χ1n) is 5.16. The third-order valence-electron chi connectivity index (χ3n) is 2.08. The summed E-state index contributed by atoms with van der Waals surface area (Å²) < 4.78 is 5.30. The number of hydrogen-bond donors (Lipinski definition) is 0.